The van der Waals surface area contributed by atoms with E-state index < -0.39 is 0 Å². The fourth-order valence-electron chi connectivity index (χ4n) is 8.29. The largest absolute Gasteiger partial charge is 0.393 e. The molecule has 0 aromatic heterocycles. The Morgan fingerprint density at radius 1 is 0.960 bits per heavy atom. The third-order valence-electron chi connectivity index (χ3n) is 9.60. The monoisotopic (exact) mass is 348 g/mol. The first-order valence-electron chi connectivity index (χ1n) is 11.0. The lowest BCUT2D eigenvalue weighted by Crippen LogP contribution is -2.56. The molecule has 0 unspecified atom stereocenters. The molecule has 25 heavy (non-hydrogen) atoms. The molecule has 0 bridgehead atoms. The molecule has 144 valence electrons. The number of aliphatic hydroxyl groups excluding tert-OH is 1. The van der Waals surface area contributed by atoms with E-state index >= 15 is 0 Å². The summed E-state index contributed by atoms with van der Waals surface area (Å²) in [5.41, 5.74) is 6.86. The zero-order valence-corrected chi connectivity index (χ0v) is 16.7. The van der Waals surface area contributed by atoms with Crippen LogP contribution < -0.4 is 5.73 Å². The highest BCUT2D eigenvalue weighted by Crippen LogP contribution is 2.66. The summed E-state index contributed by atoms with van der Waals surface area (Å²) >= 11 is 0. The molecule has 3 heteroatoms. The summed E-state index contributed by atoms with van der Waals surface area (Å²) in [5.74, 6) is 3.54. The maximum absolute atomic E-state index is 10.2. The van der Waals surface area contributed by atoms with Crippen molar-refractivity contribution in [1.29, 1.82) is 0 Å². The van der Waals surface area contributed by atoms with Crippen molar-refractivity contribution in [3.8, 4) is 0 Å². The summed E-state index contributed by atoms with van der Waals surface area (Å²) in [6.07, 6.45) is 11.8. The molecular weight excluding hydrogens is 308 g/mol. The first kappa shape index (κ1) is 18.3. The van der Waals surface area contributed by atoms with Crippen LogP contribution in [-0.4, -0.2) is 42.3 Å². The van der Waals surface area contributed by atoms with Gasteiger partial charge in [-0.05, 0) is 99.3 Å². The molecule has 0 amide bonds. The molecule has 3 N–H and O–H groups in total. The van der Waals surface area contributed by atoms with Crippen molar-refractivity contribution in [3.05, 3.63) is 0 Å². The van der Waals surface area contributed by atoms with Gasteiger partial charge in [-0.1, -0.05) is 13.8 Å². The zero-order valence-electron chi connectivity index (χ0n) is 16.7. The maximum Gasteiger partial charge on any atom is 0.0543 e. The second-order valence-electron chi connectivity index (χ2n) is 10.5. The summed E-state index contributed by atoms with van der Waals surface area (Å²) in [6.45, 7) is 7.02. The average Bonchev–Trinajstić information content (AvgIpc) is 2.93. The van der Waals surface area contributed by atoms with Crippen LogP contribution in [0.3, 0.4) is 0 Å². The Bertz CT molecular complexity index is 496. The van der Waals surface area contributed by atoms with Crippen molar-refractivity contribution in [1.82, 2.24) is 4.90 Å². The van der Waals surface area contributed by atoms with Crippen LogP contribution in [0.2, 0.25) is 0 Å². The SMILES string of the molecule is CN(CCN)[C@H]1CC[C@H]2[C@@H]3CC[C@H]4C[C@@H](O)CC[C@]4(C)[C@H]3CC[C@]12C. The lowest BCUT2D eigenvalue weighted by molar-refractivity contribution is -0.128. The van der Waals surface area contributed by atoms with E-state index in [1.807, 2.05) is 0 Å². The number of nitrogens with zero attached hydrogens (tertiary/aromatic N) is 1. The van der Waals surface area contributed by atoms with Gasteiger partial charge in [-0.2, -0.15) is 0 Å². The topological polar surface area (TPSA) is 49.5 Å². The number of fused-ring (bicyclic) bond motifs is 5. The van der Waals surface area contributed by atoms with Gasteiger partial charge < -0.3 is 15.7 Å². The summed E-state index contributed by atoms with van der Waals surface area (Å²) < 4.78 is 0. The molecule has 3 nitrogen and oxygen atoms in total. The average molecular weight is 349 g/mol. The van der Waals surface area contributed by atoms with Gasteiger partial charge in [0.05, 0.1) is 6.10 Å². The Labute approximate surface area is 154 Å². The lowest BCUT2D eigenvalue weighted by Gasteiger charge is -2.61. The molecule has 0 radical (unpaired) electrons. The van der Waals surface area contributed by atoms with Gasteiger partial charge in [0.25, 0.3) is 0 Å². The molecule has 0 heterocycles. The molecule has 4 aliphatic rings. The molecule has 0 aliphatic heterocycles. The molecule has 4 aliphatic carbocycles. The van der Waals surface area contributed by atoms with Crippen molar-refractivity contribution in [2.45, 2.75) is 83.8 Å². The second-order valence-corrected chi connectivity index (χ2v) is 10.5. The van der Waals surface area contributed by atoms with E-state index in [4.69, 9.17) is 5.73 Å². The number of rotatable bonds is 3. The normalized spacial score (nSPS) is 52.6. The van der Waals surface area contributed by atoms with Crippen LogP contribution in [0.4, 0.5) is 0 Å². The first-order chi connectivity index (χ1) is 11.9. The Morgan fingerprint density at radius 2 is 1.68 bits per heavy atom. The fraction of sp³-hybridized carbons (Fsp3) is 1.00. The molecule has 4 saturated carbocycles. The van der Waals surface area contributed by atoms with Crippen molar-refractivity contribution in [2.75, 3.05) is 20.1 Å². The first-order valence-corrected chi connectivity index (χ1v) is 11.0. The van der Waals surface area contributed by atoms with Gasteiger partial charge in [0.15, 0.2) is 0 Å². The van der Waals surface area contributed by atoms with E-state index in [1.54, 1.807) is 0 Å². The van der Waals surface area contributed by atoms with Gasteiger partial charge in [0.2, 0.25) is 0 Å². The van der Waals surface area contributed by atoms with Crippen LogP contribution in [0.1, 0.15) is 71.6 Å². The highest BCUT2D eigenvalue weighted by molar-refractivity contribution is 5.11. The van der Waals surface area contributed by atoms with E-state index in [2.05, 4.69) is 25.8 Å². The van der Waals surface area contributed by atoms with Crippen molar-refractivity contribution in [2.24, 2.45) is 40.2 Å². The van der Waals surface area contributed by atoms with Gasteiger partial charge in [-0.3, -0.25) is 0 Å². The van der Waals surface area contributed by atoms with Crippen molar-refractivity contribution >= 4 is 0 Å². The molecule has 0 aromatic carbocycles. The lowest BCUT2D eigenvalue weighted by atomic mass is 9.45. The van der Waals surface area contributed by atoms with E-state index in [1.165, 1.54) is 44.9 Å². The van der Waals surface area contributed by atoms with Crippen LogP contribution in [0.25, 0.3) is 0 Å². The molecular formula is C22H40N2O. The minimum Gasteiger partial charge on any atom is -0.393 e. The molecule has 0 spiro atoms. The number of nitrogens with two attached hydrogens (primary N) is 1. The maximum atomic E-state index is 10.2. The summed E-state index contributed by atoms with van der Waals surface area (Å²) in [5, 5.41) is 10.2. The van der Waals surface area contributed by atoms with Crippen LogP contribution in [-0.2, 0) is 0 Å². The van der Waals surface area contributed by atoms with E-state index in [0.717, 1.165) is 55.6 Å². The molecule has 8 atom stereocenters. The highest BCUT2D eigenvalue weighted by Gasteiger charge is 2.60. The Balaban J connectivity index is 1.56. The standard InChI is InChI=1S/C22H40N2O/c1-21-10-8-16(25)14-15(21)4-5-17-18-6-7-20(24(3)13-12-23)22(18,2)11-9-19(17)21/h15-20,25H,4-14,23H2,1-3H3/t15-,16-,17-,18-,19-,20-,21-,22-/m0/s1. The highest BCUT2D eigenvalue weighted by atomic mass is 16.3. The van der Waals surface area contributed by atoms with E-state index in [0.29, 0.717) is 10.8 Å². The number of hydrogen-bond donors (Lipinski definition) is 2. The van der Waals surface area contributed by atoms with Gasteiger partial charge in [0, 0.05) is 19.1 Å². The van der Waals surface area contributed by atoms with Crippen LogP contribution in [0.5, 0.6) is 0 Å². The minimum atomic E-state index is -0.0238. The third-order valence-corrected chi connectivity index (χ3v) is 9.60. The number of hydrogen-bond acceptors (Lipinski definition) is 3. The van der Waals surface area contributed by atoms with E-state index in [-0.39, 0.29) is 6.10 Å². The smallest absolute Gasteiger partial charge is 0.0543 e. The summed E-state index contributed by atoms with van der Waals surface area (Å²) in [6, 6.07) is 0.737. The van der Waals surface area contributed by atoms with Crippen molar-refractivity contribution in [3.63, 3.8) is 0 Å². The van der Waals surface area contributed by atoms with Crippen LogP contribution in [0, 0.1) is 34.5 Å². The summed E-state index contributed by atoms with van der Waals surface area (Å²) in [7, 11) is 2.30. The Kier molecular flexibility index (Phi) is 4.74. The van der Waals surface area contributed by atoms with Gasteiger partial charge in [0.1, 0.15) is 0 Å². The molecule has 4 fully saturated rings. The number of likely N-dealkylation sites (N-methyl/N-ethyl adjacent to an activating group) is 1. The van der Waals surface area contributed by atoms with Gasteiger partial charge in [-0.25, -0.2) is 0 Å². The third kappa shape index (κ3) is 2.72. The molecule has 0 aromatic rings. The Hall–Kier alpha value is -0.120. The number of aliphatic hydroxyl groups is 1. The van der Waals surface area contributed by atoms with Gasteiger partial charge in [-0.15, -0.1) is 0 Å². The van der Waals surface area contributed by atoms with E-state index in [9.17, 15) is 5.11 Å². The second kappa shape index (κ2) is 6.49. The predicted octanol–water partition coefficient (Wildman–Crippen LogP) is 3.65. The van der Waals surface area contributed by atoms with Gasteiger partial charge >= 0.3 is 0 Å². The molecule has 0 saturated heterocycles. The quantitative estimate of drug-likeness (QED) is 0.818. The van der Waals surface area contributed by atoms with Crippen LogP contribution >= 0.6 is 0 Å². The predicted molar refractivity (Wildman–Crippen MR) is 103 cm³/mol. The van der Waals surface area contributed by atoms with Crippen LogP contribution in [0.15, 0.2) is 0 Å². The Morgan fingerprint density at radius 3 is 2.44 bits per heavy atom. The molecule has 4 rings (SSSR count). The summed E-state index contributed by atoms with van der Waals surface area (Å²) in [4.78, 5) is 2.57. The zero-order chi connectivity index (χ0) is 17.8. The minimum absolute atomic E-state index is 0.0238. The van der Waals surface area contributed by atoms with Crippen molar-refractivity contribution < 1.29 is 5.11 Å². The fourth-order valence-corrected chi connectivity index (χ4v) is 8.29.